The topological polar surface area (TPSA) is 26.3 Å². The molecule has 0 fully saturated rings. The van der Waals surface area contributed by atoms with Gasteiger partial charge >= 0.3 is 0 Å². The van der Waals surface area contributed by atoms with Crippen molar-refractivity contribution in [1.82, 2.24) is 0 Å². The summed E-state index contributed by atoms with van der Waals surface area (Å²) in [6, 6.07) is 0. The maximum Gasteiger partial charge on any atom is 0.204 e. The normalized spacial score (nSPS) is 11.0. The Morgan fingerprint density at radius 1 is 0.654 bits per heavy atom. The minimum absolute atomic E-state index is 0.612. The van der Waals surface area contributed by atoms with Crippen LogP contribution in [-0.4, -0.2) is 5.78 Å². The van der Waals surface area contributed by atoms with E-state index in [0.29, 0.717) is 6.92 Å². The first-order valence-corrected chi connectivity index (χ1v) is 6.50. The van der Waals surface area contributed by atoms with Crippen LogP contribution in [0.5, 0.6) is 5.75 Å². The van der Waals surface area contributed by atoms with Crippen LogP contribution in [0.1, 0.15) is 22.8 Å². The van der Waals surface area contributed by atoms with Crippen molar-refractivity contribution in [2.75, 3.05) is 0 Å². The fourth-order valence-corrected chi connectivity index (χ4v) is 1.98. The van der Waals surface area contributed by atoms with Crippen molar-refractivity contribution >= 4 is 5.78 Å². The van der Waals surface area contributed by atoms with Gasteiger partial charge in [0, 0.05) is 0 Å². The molecule has 11 heteroatoms. The highest BCUT2D eigenvalue weighted by atomic mass is 19.2. The molecule has 0 aliphatic heterocycles. The van der Waals surface area contributed by atoms with Crippen LogP contribution in [0.2, 0.25) is 0 Å². The smallest absolute Gasteiger partial charge is 0.204 e. The van der Waals surface area contributed by atoms with E-state index in [0.717, 1.165) is 0 Å². The molecule has 2 rings (SSSR count). The summed E-state index contributed by atoms with van der Waals surface area (Å²) in [6.45, 7) is -0.992. The van der Waals surface area contributed by atoms with Gasteiger partial charge in [0.05, 0.1) is 5.56 Å². The number of hydrogen-bond donors (Lipinski definition) is 0. The zero-order chi connectivity index (χ0) is 19.9. The molecule has 2 aromatic rings. The van der Waals surface area contributed by atoms with Gasteiger partial charge in [0.25, 0.3) is 0 Å². The minimum Gasteiger partial charge on any atom is -0.485 e. The third-order valence-electron chi connectivity index (χ3n) is 3.24. The Balaban J connectivity index is 2.58. The highest BCUT2D eigenvalue weighted by Crippen LogP contribution is 2.32. The van der Waals surface area contributed by atoms with Gasteiger partial charge in [0.1, 0.15) is 12.2 Å². The van der Waals surface area contributed by atoms with E-state index in [-0.39, 0.29) is 0 Å². The van der Waals surface area contributed by atoms with E-state index >= 15 is 0 Å². The van der Waals surface area contributed by atoms with Crippen LogP contribution in [0, 0.1) is 52.4 Å². The Morgan fingerprint density at radius 3 is 1.50 bits per heavy atom. The third kappa shape index (κ3) is 2.97. The lowest BCUT2D eigenvalue weighted by Crippen LogP contribution is -2.14. The molecule has 0 spiro atoms. The van der Waals surface area contributed by atoms with E-state index in [1.54, 1.807) is 0 Å². The average Bonchev–Trinajstić information content (AvgIpc) is 2.60. The number of halogens is 9. The van der Waals surface area contributed by atoms with Crippen molar-refractivity contribution in [3.05, 3.63) is 63.5 Å². The van der Waals surface area contributed by atoms with E-state index < -0.39 is 81.6 Å². The zero-order valence-corrected chi connectivity index (χ0v) is 12.4. The molecule has 0 unspecified atom stereocenters. The second-order valence-electron chi connectivity index (χ2n) is 4.85. The lowest BCUT2D eigenvalue weighted by atomic mass is 10.1. The highest BCUT2D eigenvalue weighted by molar-refractivity contribution is 5.97. The SMILES string of the molecule is CC(=O)c1c(F)c(F)c(F)c(F)c1OCc1c(F)c(F)c(F)c(F)c1F. The average molecular weight is 388 g/mol. The molecule has 0 aromatic heterocycles. The monoisotopic (exact) mass is 388 g/mol. The molecule has 0 saturated heterocycles. The Labute approximate surface area is 138 Å². The Bertz CT molecular complexity index is 896. The van der Waals surface area contributed by atoms with Crippen LogP contribution in [-0.2, 0) is 6.61 Å². The summed E-state index contributed by atoms with van der Waals surface area (Å²) in [5.41, 5.74) is -3.04. The molecule has 0 aliphatic carbocycles. The molecule has 0 heterocycles. The lowest BCUT2D eigenvalue weighted by Gasteiger charge is -2.14. The van der Waals surface area contributed by atoms with Gasteiger partial charge in [-0.1, -0.05) is 0 Å². The Morgan fingerprint density at radius 2 is 1.04 bits per heavy atom. The lowest BCUT2D eigenvalue weighted by molar-refractivity contribution is 0.100. The van der Waals surface area contributed by atoms with Gasteiger partial charge in [0.2, 0.25) is 17.5 Å². The van der Waals surface area contributed by atoms with E-state index in [1.807, 2.05) is 0 Å². The number of Topliss-reactive ketones (excluding diaryl/α,β-unsaturated/α-hetero) is 1. The van der Waals surface area contributed by atoms with Crippen molar-refractivity contribution < 1.29 is 49.0 Å². The Kier molecular flexibility index (Phi) is 5.19. The number of ketones is 1. The molecular formula is C15H5F9O2. The maximum absolute atomic E-state index is 13.7. The van der Waals surface area contributed by atoms with Crippen LogP contribution >= 0.6 is 0 Å². The number of carbonyl (C=O) groups is 1. The first-order valence-electron chi connectivity index (χ1n) is 6.50. The maximum atomic E-state index is 13.7. The van der Waals surface area contributed by atoms with Gasteiger partial charge < -0.3 is 4.74 Å². The van der Waals surface area contributed by atoms with E-state index in [1.165, 1.54) is 0 Å². The molecule has 26 heavy (non-hydrogen) atoms. The minimum atomic E-state index is -2.47. The fraction of sp³-hybridized carbons (Fsp3) is 0.133. The molecule has 0 N–H and O–H groups in total. The summed E-state index contributed by atoms with van der Waals surface area (Å²) in [5.74, 6) is -23.9. The number of rotatable bonds is 4. The second-order valence-corrected chi connectivity index (χ2v) is 4.85. The van der Waals surface area contributed by atoms with E-state index in [4.69, 9.17) is 0 Å². The van der Waals surface area contributed by atoms with Crippen molar-refractivity contribution in [2.45, 2.75) is 13.5 Å². The van der Waals surface area contributed by atoms with Gasteiger partial charge in [-0.25, -0.2) is 35.1 Å². The number of benzene rings is 2. The van der Waals surface area contributed by atoms with Gasteiger partial charge in [-0.3, -0.25) is 4.79 Å². The molecule has 2 aromatic carbocycles. The van der Waals surface area contributed by atoms with Crippen LogP contribution in [0.15, 0.2) is 0 Å². The predicted molar refractivity (Wildman–Crippen MR) is 66.8 cm³/mol. The highest BCUT2D eigenvalue weighted by Gasteiger charge is 2.31. The standard InChI is InChI=1S/C15H5F9O2/c1-3(25)5-8(18)11(21)13(23)14(24)15(5)26-2-4-6(16)9(19)12(22)10(20)7(4)17/h2H2,1H3. The summed E-state index contributed by atoms with van der Waals surface area (Å²) in [5, 5.41) is 0. The second kappa shape index (κ2) is 6.89. The molecule has 0 saturated carbocycles. The van der Waals surface area contributed by atoms with Crippen molar-refractivity contribution in [2.24, 2.45) is 0 Å². The first kappa shape index (κ1) is 19.6. The molecule has 0 radical (unpaired) electrons. The number of ether oxygens (including phenoxy) is 1. The molecular weight excluding hydrogens is 383 g/mol. The zero-order valence-electron chi connectivity index (χ0n) is 12.4. The quantitative estimate of drug-likeness (QED) is 0.328. The summed E-state index contributed by atoms with van der Waals surface area (Å²) in [6.07, 6.45) is 0. The molecule has 0 amide bonds. The van der Waals surface area contributed by atoms with Gasteiger partial charge in [-0.2, -0.15) is 4.39 Å². The van der Waals surface area contributed by atoms with Crippen LogP contribution in [0.4, 0.5) is 39.5 Å². The van der Waals surface area contributed by atoms with Gasteiger partial charge in [-0.05, 0) is 6.92 Å². The summed E-state index contributed by atoms with van der Waals surface area (Å²) in [4.78, 5) is 11.3. The molecule has 140 valence electrons. The number of hydrogen-bond acceptors (Lipinski definition) is 2. The summed E-state index contributed by atoms with van der Waals surface area (Å²) < 4.78 is 124. The summed E-state index contributed by atoms with van der Waals surface area (Å²) >= 11 is 0. The van der Waals surface area contributed by atoms with Crippen LogP contribution in [0.3, 0.4) is 0 Å². The predicted octanol–water partition coefficient (Wildman–Crippen LogP) is 4.72. The van der Waals surface area contributed by atoms with Crippen molar-refractivity contribution in [3.8, 4) is 5.75 Å². The first-order chi connectivity index (χ1) is 12.0. The van der Waals surface area contributed by atoms with E-state index in [9.17, 15) is 44.3 Å². The largest absolute Gasteiger partial charge is 0.485 e. The summed E-state index contributed by atoms with van der Waals surface area (Å²) in [7, 11) is 0. The third-order valence-corrected chi connectivity index (χ3v) is 3.24. The molecule has 0 atom stereocenters. The number of carbonyl (C=O) groups excluding carboxylic acids is 1. The van der Waals surface area contributed by atoms with Crippen molar-refractivity contribution in [3.63, 3.8) is 0 Å². The van der Waals surface area contributed by atoms with Gasteiger partial charge in [0.15, 0.2) is 46.4 Å². The van der Waals surface area contributed by atoms with E-state index in [2.05, 4.69) is 4.74 Å². The Hall–Kier alpha value is -2.72. The molecule has 0 bridgehead atoms. The van der Waals surface area contributed by atoms with Crippen LogP contribution in [0.25, 0.3) is 0 Å². The van der Waals surface area contributed by atoms with Crippen LogP contribution < -0.4 is 4.74 Å². The van der Waals surface area contributed by atoms with Gasteiger partial charge in [-0.15, -0.1) is 0 Å². The molecule has 0 aliphatic rings. The van der Waals surface area contributed by atoms with Crippen molar-refractivity contribution in [1.29, 1.82) is 0 Å². The molecule has 2 nitrogen and oxygen atoms in total. The fourth-order valence-electron chi connectivity index (χ4n) is 1.98.